The van der Waals surface area contributed by atoms with Crippen LogP contribution >= 0.6 is 0 Å². The van der Waals surface area contributed by atoms with Crippen LogP contribution in [0.4, 0.5) is 0 Å². The van der Waals surface area contributed by atoms with E-state index in [1.54, 1.807) is 0 Å². The van der Waals surface area contributed by atoms with Crippen molar-refractivity contribution < 1.29 is 0 Å². The first-order valence-electron chi connectivity index (χ1n) is 23.5. The number of rotatable bonds is 8. The van der Waals surface area contributed by atoms with Gasteiger partial charge in [0.1, 0.15) is 0 Å². The fourth-order valence-corrected chi connectivity index (χ4v) is 10.6. The van der Waals surface area contributed by atoms with Gasteiger partial charge in [-0.25, -0.2) is 15.0 Å². The Hall–Kier alpha value is -9.13. The summed E-state index contributed by atoms with van der Waals surface area (Å²) in [6.45, 7) is 4.03. The minimum Gasteiger partial charge on any atom is -0.307 e. The largest absolute Gasteiger partial charge is 0.307 e. The summed E-state index contributed by atoms with van der Waals surface area (Å²) >= 11 is 0. The molecule has 0 aliphatic heterocycles. The average Bonchev–Trinajstić information content (AvgIpc) is 4.07. The smallest absolute Gasteiger partial charge is 0.164 e. The van der Waals surface area contributed by atoms with Gasteiger partial charge in [0.2, 0.25) is 0 Å². The minimum atomic E-state index is 0.619. The Morgan fingerprint density at radius 3 is 1.54 bits per heavy atom. The lowest BCUT2D eigenvalue weighted by Gasteiger charge is -2.16. The van der Waals surface area contributed by atoms with Crippen molar-refractivity contribution in [1.29, 1.82) is 0 Å². The Labute approximate surface area is 399 Å². The third kappa shape index (κ3) is 6.37. The van der Waals surface area contributed by atoms with E-state index in [0.29, 0.717) is 17.5 Å². The van der Waals surface area contributed by atoms with Crippen molar-refractivity contribution in [1.82, 2.24) is 28.7 Å². The number of para-hydroxylation sites is 6. The summed E-state index contributed by atoms with van der Waals surface area (Å²) in [6, 6.07) is 76.2. The van der Waals surface area contributed by atoms with Crippen LogP contribution in [0, 0.1) is 0 Å². The SMILES string of the molecule is C/C=C\C(=C/C)c1nc(-c2ccccc2)nc(-c2cccc(-c3cccc4c5cccc(-n6c7ccccc7c7ccc8c9ccccc9n(-c9ccccc9)c8c76)c5n(-c5ccccc5)c34)c2)n1. The van der Waals surface area contributed by atoms with Gasteiger partial charge in [0, 0.05) is 66.0 Å². The third-order valence-corrected chi connectivity index (χ3v) is 13.5. The van der Waals surface area contributed by atoms with Crippen molar-refractivity contribution in [3.8, 4) is 51.0 Å². The quantitative estimate of drug-likeness (QED) is 0.143. The van der Waals surface area contributed by atoms with E-state index >= 15 is 0 Å². The lowest BCUT2D eigenvalue weighted by atomic mass is 9.99. The molecule has 0 atom stereocenters. The second-order valence-electron chi connectivity index (χ2n) is 17.4. The van der Waals surface area contributed by atoms with Crippen molar-refractivity contribution in [3.63, 3.8) is 0 Å². The molecule has 0 bridgehead atoms. The highest BCUT2D eigenvalue weighted by atomic mass is 15.1. The predicted molar refractivity (Wildman–Crippen MR) is 288 cm³/mol. The lowest BCUT2D eigenvalue weighted by molar-refractivity contribution is 1.04. The first-order chi connectivity index (χ1) is 34.2. The van der Waals surface area contributed by atoms with Gasteiger partial charge in [-0.3, -0.25) is 0 Å². The maximum absolute atomic E-state index is 5.12. The van der Waals surface area contributed by atoms with Crippen LogP contribution < -0.4 is 0 Å². The normalized spacial score (nSPS) is 12.2. The first kappa shape index (κ1) is 40.2. The third-order valence-electron chi connectivity index (χ3n) is 13.5. The van der Waals surface area contributed by atoms with Crippen LogP contribution in [0.1, 0.15) is 19.7 Å². The Morgan fingerprint density at radius 2 is 0.870 bits per heavy atom. The Bertz CT molecular complexity index is 4190. The molecule has 0 saturated carbocycles. The highest BCUT2D eigenvalue weighted by Crippen LogP contribution is 2.46. The van der Waals surface area contributed by atoms with Gasteiger partial charge >= 0.3 is 0 Å². The summed E-state index contributed by atoms with van der Waals surface area (Å²) in [7, 11) is 0. The molecule has 13 rings (SSSR count). The molecule has 6 nitrogen and oxygen atoms in total. The van der Waals surface area contributed by atoms with E-state index in [4.69, 9.17) is 15.0 Å². The second-order valence-corrected chi connectivity index (χ2v) is 17.4. The molecule has 69 heavy (non-hydrogen) atoms. The van der Waals surface area contributed by atoms with Gasteiger partial charge < -0.3 is 13.7 Å². The zero-order valence-electron chi connectivity index (χ0n) is 38.1. The molecule has 9 aromatic carbocycles. The molecule has 13 aromatic rings. The van der Waals surface area contributed by atoms with E-state index in [9.17, 15) is 0 Å². The second kappa shape index (κ2) is 16.3. The van der Waals surface area contributed by atoms with E-state index in [-0.39, 0.29) is 0 Å². The van der Waals surface area contributed by atoms with Crippen LogP contribution in [0.25, 0.3) is 122 Å². The maximum Gasteiger partial charge on any atom is 0.164 e. The van der Waals surface area contributed by atoms with Gasteiger partial charge in [-0.15, -0.1) is 0 Å². The highest BCUT2D eigenvalue weighted by Gasteiger charge is 2.25. The van der Waals surface area contributed by atoms with Crippen LogP contribution in [0.15, 0.2) is 231 Å². The molecule has 0 unspecified atom stereocenters. The summed E-state index contributed by atoms with van der Waals surface area (Å²) in [5.41, 5.74) is 15.2. The van der Waals surface area contributed by atoms with Gasteiger partial charge in [-0.1, -0.05) is 182 Å². The van der Waals surface area contributed by atoms with Gasteiger partial charge in [0.15, 0.2) is 17.5 Å². The molecule has 4 aromatic heterocycles. The number of aromatic nitrogens is 6. The highest BCUT2D eigenvalue weighted by molar-refractivity contribution is 6.25. The summed E-state index contributed by atoms with van der Waals surface area (Å²) < 4.78 is 7.47. The maximum atomic E-state index is 5.12. The molecule has 4 heterocycles. The van der Waals surface area contributed by atoms with Gasteiger partial charge in [-0.05, 0) is 67.9 Å². The van der Waals surface area contributed by atoms with Crippen LogP contribution in [0.5, 0.6) is 0 Å². The first-order valence-corrected chi connectivity index (χ1v) is 23.5. The molecular formula is C63H44N6. The Morgan fingerprint density at radius 1 is 0.377 bits per heavy atom. The predicted octanol–water partition coefficient (Wildman–Crippen LogP) is 16.1. The fraction of sp³-hybridized carbons (Fsp3) is 0.0317. The van der Waals surface area contributed by atoms with Crippen LogP contribution in [0.2, 0.25) is 0 Å². The van der Waals surface area contributed by atoms with Gasteiger partial charge in [0.25, 0.3) is 0 Å². The van der Waals surface area contributed by atoms with Crippen molar-refractivity contribution >= 4 is 71.0 Å². The lowest BCUT2D eigenvalue weighted by Crippen LogP contribution is -2.03. The number of nitrogens with zero attached hydrogens (tertiary/aromatic N) is 6. The molecule has 6 heteroatoms. The zero-order chi connectivity index (χ0) is 46.0. The molecule has 0 aliphatic rings. The molecule has 0 N–H and O–H groups in total. The molecule has 0 amide bonds. The minimum absolute atomic E-state index is 0.619. The van der Waals surface area contributed by atoms with Crippen molar-refractivity contribution in [2.24, 2.45) is 0 Å². The molecule has 0 spiro atoms. The number of fused-ring (bicyclic) bond motifs is 10. The summed E-state index contributed by atoms with van der Waals surface area (Å²) in [5.74, 6) is 1.89. The summed E-state index contributed by atoms with van der Waals surface area (Å²) in [6.07, 6.45) is 6.12. The zero-order valence-corrected chi connectivity index (χ0v) is 38.1. The number of hydrogen-bond donors (Lipinski definition) is 0. The Kier molecular flexibility index (Phi) is 9.51. The summed E-state index contributed by atoms with van der Waals surface area (Å²) in [5, 5.41) is 7.20. The van der Waals surface area contributed by atoms with Crippen LogP contribution in [-0.2, 0) is 0 Å². The van der Waals surface area contributed by atoms with Crippen molar-refractivity contribution in [2.75, 3.05) is 0 Å². The Balaban J connectivity index is 1.11. The van der Waals surface area contributed by atoms with Crippen molar-refractivity contribution in [3.05, 3.63) is 236 Å². The monoisotopic (exact) mass is 884 g/mol. The van der Waals surface area contributed by atoms with Crippen LogP contribution in [-0.4, -0.2) is 28.7 Å². The molecule has 0 aliphatic carbocycles. The molecule has 0 fully saturated rings. The molecular weight excluding hydrogens is 841 g/mol. The van der Waals surface area contributed by atoms with E-state index in [2.05, 4.69) is 196 Å². The number of hydrogen-bond acceptors (Lipinski definition) is 3. The van der Waals surface area contributed by atoms with E-state index in [1.807, 2.05) is 62.4 Å². The summed E-state index contributed by atoms with van der Waals surface area (Å²) in [4.78, 5) is 15.2. The average molecular weight is 885 g/mol. The topological polar surface area (TPSA) is 53.5 Å². The number of allylic oxidation sites excluding steroid dienone is 4. The molecule has 326 valence electrons. The van der Waals surface area contributed by atoms with Crippen molar-refractivity contribution in [2.45, 2.75) is 13.8 Å². The van der Waals surface area contributed by atoms with Crippen LogP contribution in [0.3, 0.4) is 0 Å². The van der Waals surface area contributed by atoms with E-state index < -0.39 is 0 Å². The van der Waals surface area contributed by atoms with Gasteiger partial charge in [-0.2, -0.15) is 0 Å². The standard InChI is InChI=1S/C63H44N6/c1-3-21-41(4-2)61-64-62(42-22-8-5-9-23-42)66-63(65-61)44-25-18-24-43(40-44)47-32-19-33-50-51-34-20-37-56(58(51)68(57(47)50)46-28-12-7-13-29-46)69-55-36-17-15-31-49(55)53-39-38-52-48-30-14-16-35-54(48)67(59(52)60(53)69)45-26-10-6-11-27-45/h3-40H,1-2H3/b21-3-,41-4+. The molecule has 0 radical (unpaired) electrons. The molecule has 0 saturated heterocycles. The number of benzene rings is 9. The van der Waals surface area contributed by atoms with Gasteiger partial charge in [0.05, 0.1) is 38.8 Å². The van der Waals surface area contributed by atoms with E-state index in [1.165, 1.54) is 48.9 Å². The fourth-order valence-electron chi connectivity index (χ4n) is 10.6. The van der Waals surface area contributed by atoms with E-state index in [0.717, 1.165) is 61.4 Å².